The molecule has 0 spiro atoms. The van der Waals surface area contributed by atoms with E-state index in [4.69, 9.17) is 16.1 Å². The summed E-state index contributed by atoms with van der Waals surface area (Å²) in [6, 6.07) is 7.25. The Labute approximate surface area is 156 Å². The highest BCUT2D eigenvalue weighted by Crippen LogP contribution is 2.17. The maximum atomic E-state index is 12.4. The van der Waals surface area contributed by atoms with E-state index in [1.54, 1.807) is 17.0 Å². The van der Waals surface area contributed by atoms with Crippen molar-refractivity contribution in [3.8, 4) is 0 Å². The molecule has 3 rings (SSSR count). The number of nitrogens with one attached hydrogen (secondary N) is 1. The van der Waals surface area contributed by atoms with Gasteiger partial charge >= 0.3 is 11.8 Å². The van der Waals surface area contributed by atoms with E-state index < -0.39 is 0 Å². The lowest BCUT2D eigenvalue weighted by molar-refractivity contribution is -0.120. The average molecular weight is 377 g/mol. The van der Waals surface area contributed by atoms with Gasteiger partial charge in [-0.1, -0.05) is 35.8 Å². The van der Waals surface area contributed by atoms with Crippen molar-refractivity contribution in [1.29, 1.82) is 0 Å². The fourth-order valence-electron chi connectivity index (χ4n) is 2.81. The van der Waals surface area contributed by atoms with Crippen LogP contribution in [0.2, 0.25) is 5.02 Å². The molecule has 1 aliphatic heterocycles. The number of carbonyl (C=O) groups excluding carboxylic acids is 2. The van der Waals surface area contributed by atoms with Crippen LogP contribution < -0.4 is 5.32 Å². The molecule has 0 aliphatic carbocycles. The molecule has 2 aromatic rings. The summed E-state index contributed by atoms with van der Waals surface area (Å²) in [5, 5.41) is 7.12. The van der Waals surface area contributed by atoms with Crippen LogP contribution in [0.5, 0.6) is 0 Å². The van der Waals surface area contributed by atoms with Crippen molar-refractivity contribution in [1.82, 2.24) is 20.4 Å². The van der Waals surface area contributed by atoms with Crippen LogP contribution >= 0.6 is 11.6 Å². The monoisotopic (exact) mass is 376 g/mol. The van der Waals surface area contributed by atoms with Gasteiger partial charge in [-0.3, -0.25) is 9.59 Å². The maximum Gasteiger partial charge on any atom is 0.316 e. The Kier molecular flexibility index (Phi) is 5.88. The normalized spacial score (nSPS) is 15.1. The summed E-state index contributed by atoms with van der Waals surface area (Å²) in [7, 11) is 0. The summed E-state index contributed by atoms with van der Waals surface area (Å²) in [5.74, 6) is 0.242. The molecule has 0 bridgehead atoms. The zero-order chi connectivity index (χ0) is 18.5. The number of hydrogen-bond acceptors (Lipinski definition) is 5. The quantitative estimate of drug-likeness (QED) is 0.865. The fraction of sp³-hybridized carbons (Fsp3) is 0.444. The largest absolute Gasteiger partial charge is 0.352 e. The van der Waals surface area contributed by atoms with Gasteiger partial charge in [0.25, 0.3) is 0 Å². The van der Waals surface area contributed by atoms with Gasteiger partial charge < -0.3 is 14.7 Å². The molecule has 1 aromatic heterocycles. The predicted octanol–water partition coefficient (Wildman–Crippen LogP) is 2.45. The molecule has 2 amide bonds. The van der Waals surface area contributed by atoms with E-state index in [9.17, 15) is 9.59 Å². The SMILES string of the molecule is CC1CCN(C(=O)c2nc(CC(=O)NCc3cccc(Cl)c3)no2)CC1. The van der Waals surface area contributed by atoms with Gasteiger partial charge in [-0.15, -0.1) is 0 Å². The summed E-state index contributed by atoms with van der Waals surface area (Å²) >= 11 is 5.91. The Hall–Kier alpha value is -2.41. The number of amides is 2. The lowest BCUT2D eigenvalue weighted by atomic mass is 9.99. The van der Waals surface area contributed by atoms with E-state index in [0.29, 0.717) is 30.6 Å². The number of carbonyl (C=O) groups is 2. The standard InChI is InChI=1S/C18H21ClN4O3/c1-12-5-7-23(8-6-12)18(25)17-21-15(22-26-17)10-16(24)20-11-13-3-2-4-14(19)9-13/h2-4,9,12H,5-8,10-11H2,1H3,(H,20,24). The molecular weight excluding hydrogens is 356 g/mol. The van der Waals surface area contributed by atoms with Crippen molar-refractivity contribution in [3.63, 3.8) is 0 Å². The first-order valence-electron chi connectivity index (χ1n) is 8.64. The highest BCUT2D eigenvalue weighted by Gasteiger charge is 2.26. The molecule has 1 aromatic carbocycles. The first-order chi connectivity index (χ1) is 12.5. The minimum Gasteiger partial charge on any atom is -0.352 e. The Balaban J connectivity index is 1.51. The predicted molar refractivity (Wildman–Crippen MR) is 95.6 cm³/mol. The number of rotatable bonds is 5. The van der Waals surface area contributed by atoms with E-state index in [1.165, 1.54) is 0 Å². The topological polar surface area (TPSA) is 88.3 Å². The molecule has 1 fully saturated rings. The fourth-order valence-corrected chi connectivity index (χ4v) is 3.03. The maximum absolute atomic E-state index is 12.4. The second-order valence-corrected chi connectivity index (χ2v) is 7.01. The Morgan fingerprint density at radius 1 is 1.35 bits per heavy atom. The Morgan fingerprint density at radius 2 is 2.12 bits per heavy atom. The van der Waals surface area contributed by atoms with Crippen molar-refractivity contribution >= 4 is 23.4 Å². The van der Waals surface area contributed by atoms with E-state index in [1.807, 2.05) is 12.1 Å². The lowest BCUT2D eigenvalue weighted by Gasteiger charge is -2.28. The molecule has 0 atom stereocenters. The summed E-state index contributed by atoms with van der Waals surface area (Å²) in [5.41, 5.74) is 0.897. The molecule has 8 heteroatoms. The zero-order valence-electron chi connectivity index (χ0n) is 14.6. The van der Waals surface area contributed by atoms with Gasteiger partial charge in [-0.25, -0.2) is 0 Å². The smallest absolute Gasteiger partial charge is 0.316 e. The summed E-state index contributed by atoms with van der Waals surface area (Å²) in [4.78, 5) is 30.2. The van der Waals surface area contributed by atoms with Crippen molar-refractivity contribution in [3.05, 3.63) is 46.6 Å². The van der Waals surface area contributed by atoms with Crippen LogP contribution in [-0.2, 0) is 17.8 Å². The second-order valence-electron chi connectivity index (χ2n) is 6.57. The van der Waals surface area contributed by atoms with Gasteiger partial charge in [0, 0.05) is 24.7 Å². The van der Waals surface area contributed by atoms with Crippen LogP contribution in [0, 0.1) is 5.92 Å². The number of hydrogen-bond donors (Lipinski definition) is 1. The molecule has 26 heavy (non-hydrogen) atoms. The third-order valence-electron chi connectivity index (χ3n) is 4.42. The molecule has 1 aliphatic rings. The third kappa shape index (κ3) is 4.82. The van der Waals surface area contributed by atoms with Crippen LogP contribution in [0.1, 0.15) is 41.8 Å². The third-order valence-corrected chi connectivity index (χ3v) is 4.65. The molecule has 1 N–H and O–H groups in total. The molecular formula is C18H21ClN4O3. The number of piperidine rings is 1. The van der Waals surface area contributed by atoms with Crippen LogP contribution in [-0.4, -0.2) is 39.9 Å². The van der Waals surface area contributed by atoms with Crippen molar-refractivity contribution in [2.45, 2.75) is 32.7 Å². The molecule has 1 saturated heterocycles. The highest BCUT2D eigenvalue weighted by molar-refractivity contribution is 6.30. The van der Waals surface area contributed by atoms with Gasteiger partial charge in [0.1, 0.15) is 0 Å². The first kappa shape index (κ1) is 18.4. The van der Waals surface area contributed by atoms with Gasteiger partial charge in [0.2, 0.25) is 5.91 Å². The minimum atomic E-state index is -0.269. The van der Waals surface area contributed by atoms with Crippen molar-refractivity contribution < 1.29 is 14.1 Å². The average Bonchev–Trinajstić information content (AvgIpc) is 3.08. The molecule has 0 saturated carbocycles. The van der Waals surface area contributed by atoms with Gasteiger partial charge in [-0.2, -0.15) is 4.98 Å². The number of halogens is 1. The van der Waals surface area contributed by atoms with Gasteiger partial charge in [0.15, 0.2) is 5.82 Å². The molecule has 7 nitrogen and oxygen atoms in total. The zero-order valence-corrected chi connectivity index (χ0v) is 15.3. The van der Waals surface area contributed by atoms with Gasteiger partial charge in [-0.05, 0) is 36.5 Å². The van der Waals surface area contributed by atoms with Gasteiger partial charge in [0.05, 0.1) is 6.42 Å². The number of benzene rings is 1. The number of likely N-dealkylation sites (tertiary alicyclic amines) is 1. The molecule has 0 radical (unpaired) electrons. The van der Waals surface area contributed by atoms with E-state index >= 15 is 0 Å². The van der Waals surface area contributed by atoms with E-state index in [2.05, 4.69) is 22.4 Å². The summed E-state index contributed by atoms with van der Waals surface area (Å²) in [6.45, 7) is 3.92. The van der Waals surface area contributed by atoms with E-state index in [-0.39, 0.29) is 30.0 Å². The minimum absolute atomic E-state index is 0.0472. The van der Waals surface area contributed by atoms with Crippen LogP contribution in [0.15, 0.2) is 28.8 Å². The van der Waals surface area contributed by atoms with Crippen LogP contribution in [0.3, 0.4) is 0 Å². The molecule has 138 valence electrons. The number of aromatic nitrogens is 2. The Bertz CT molecular complexity index is 784. The molecule has 2 heterocycles. The first-order valence-corrected chi connectivity index (χ1v) is 9.02. The second kappa shape index (κ2) is 8.31. The Morgan fingerprint density at radius 3 is 2.85 bits per heavy atom. The molecule has 0 unspecified atom stereocenters. The van der Waals surface area contributed by atoms with Crippen LogP contribution in [0.4, 0.5) is 0 Å². The highest BCUT2D eigenvalue weighted by atomic mass is 35.5. The van der Waals surface area contributed by atoms with Crippen molar-refractivity contribution in [2.75, 3.05) is 13.1 Å². The van der Waals surface area contributed by atoms with Crippen molar-refractivity contribution in [2.24, 2.45) is 5.92 Å². The summed E-state index contributed by atoms with van der Waals surface area (Å²) < 4.78 is 5.04. The lowest BCUT2D eigenvalue weighted by Crippen LogP contribution is -2.38. The number of nitrogens with zero attached hydrogens (tertiary/aromatic N) is 3. The summed E-state index contributed by atoms with van der Waals surface area (Å²) in [6.07, 6.45) is 1.89. The van der Waals surface area contributed by atoms with E-state index in [0.717, 1.165) is 18.4 Å². The van der Waals surface area contributed by atoms with Crippen LogP contribution in [0.25, 0.3) is 0 Å².